The van der Waals surface area contributed by atoms with E-state index in [4.69, 9.17) is 0 Å². The molecule has 2 aliphatic heterocycles. The molecule has 0 radical (unpaired) electrons. The molecule has 2 fully saturated rings. The molecule has 0 aromatic rings. The Morgan fingerprint density at radius 2 is 2.26 bits per heavy atom. The van der Waals surface area contributed by atoms with Crippen LogP contribution in [0.5, 0.6) is 0 Å². The minimum absolute atomic E-state index is 0.272. The van der Waals surface area contributed by atoms with Crippen LogP contribution in [0.25, 0.3) is 0 Å². The first-order valence-corrected chi connectivity index (χ1v) is 7.51. The topological polar surface area (TPSA) is 43.8 Å². The first-order valence-electron chi connectivity index (χ1n) is 7.51. The van der Waals surface area contributed by atoms with Crippen LogP contribution < -0.4 is 0 Å². The molecular formula is C15H26N2O2. The van der Waals surface area contributed by atoms with Crippen molar-refractivity contribution in [1.29, 1.82) is 0 Å². The molecule has 0 saturated carbocycles. The molecule has 108 valence electrons. The van der Waals surface area contributed by atoms with Crippen molar-refractivity contribution < 1.29 is 9.90 Å². The maximum atomic E-state index is 11.8. The molecule has 2 saturated heterocycles. The van der Waals surface area contributed by atoms with E-state index in [9.17, 15) is 9.90 Å². The molecule has 2 rings (SSSR count). The van der Waals surface area contributed by atoms with Gasteiger partial charge in [-0.3, -0.25) is 9.69 Å². The molecule has 2 atom stereocenters. The second-order valence-corrected chi connectivity index (χ2v) is 5.77. The molecular weight excluding hydrogens is 240 g/mol. The number of amides is 1. The smallest absolute Gasteiger partial charge is 0.222 e. The minimum atomic E-state index is -0.272. The lowest BCUT2D eigenvalue weighted by Gasteiger charge is -2.38. The summed E-state index contributed by atoms with van der Waals surface area (Å²) >= 11 is 0. The molecule has 2 heterocycles. The van der Waals surface area contributed by atoms with Crippen LogP contribution in [0.15, 0.2) is 12.7 Å². The van der Waals surface area contributed by atoms with Crippen molar-refractivity contribution >= 4 is 5.91 Å². The van der Waals surface area contributed by atoms with E-state index < -0.39 is 0 Å². The van der Waals surface area contributed by atoms with E-state index in [0.29, 0.717) is 11.9 Å². The van der Waals surface area contributed by atoms with E-state index in [1.807, 2.05) is 6.08 Å². The van der Waals surface area contributed by atoms with Gasteiger partial charge in [0.05, 0.1) is 6.10 Å². The number of aliphatic hydroxyl groups excluding tert-OH is 1. The Bertz CT molecular complexity index is 319. The lowest BCUT2D eigenvalue weighted by molar-refractivity contribution is -0.130. The number of likely N-dealkylation sites (tertiary alicyclic amines) is 2. The van der Waals surface area contributed by atoms with Gasteiger partial charge in [-0.2, -0.15) is 0 Å². The van der Waals surface area contributed by atoms with Crippen LogP contribution in [-0.4, -0.2) is 59.1 Å². The number of hydrogen-bond acceptors (Lipinski definition) is 3. The maximum absolute atomic E-state index is 11.8. The Morgan fingerprint density at radius 1 is 1.42 bits per heavy atom. The van der Waals surface area contributed by atoms with E-state index in [1.165, 1.54) is 0 Å². The zero-order chi connectivity index (χ0) is 13.7. The molecule has 0 unspecified atom stereocenters. The quantitative estimate of drug-likeness (QED) is 0.739. The number of carbonyl (C=O) groups is 1. The molecule has 19 heavy (non-hydrogen) atoms. The number of carbonyl (C=O) groups excluding carboxylic acids is 1. The number of piperidine rings is 1. The second-order valence-electron chi connectivity index (χ2n) is 5.77. The molecule has 0 spiro atoms. The van der Waals surface area contributed by atoms with Crippen LogP contribution >= 0.6 is 0 Å². The molecule has 0 aliphatic carbocycles. The third kappa shape index (κ3) is 4.05. The first-order chi connectivity index (χ1) is 9.20. The van der Waals surface area contributed by atoms with Crippen molar-refractivity contribution in [3.8, 4) is 0 Å². The van der Waals surface area contributed by atoms with Gasteiger partial charge >= 0.3 is 0 Å². The van der Waals surface area contributed by atoms with Gasteiger partial charge < -0.3 is 10.0 Å². The third-order valence-corrected chi connectivity index (χ3v) is 4.20. The summed E-state index contributed by atoms with van der Waals surface area (Å²) in [4.78, 5) is 16.2. The highest BCUT2D eigenvalue weighted by Gasteiger charge is 2.31. The number of rotatable bonds is 6. The maximum Gasteiger partial charge on any atom is 0.222 e. The Morgan fingerprint density at radius 3 is 2.95 bits per heavy atom. The summed E-state index contributed by atoms with van der Waals surface area (Å²) in [5.41, 5.74) is 0. The Labute approximate surface area is 116 Å². The summed E-state index contributed by atoms with van der Waals surface area (Å²) in [7, 11) is 0. The normalized spacial score (nSPS) is 26.7. The molecule has 1 amide bonds. The van der Waals surface area contributed by atoms with Crippen LogP contribution in [0.1, 0.15) is 38.5 Å². The van der Waals surface area contributed by atoms with Gasteiger partial charge in [0.2, 0.25) is 5.91 Å². The van der Waals surface area contributed by atoms with Crippen molar-refractivity contribution in [3.05, 3.63) is 12.7 Å². The van der Waals surface area contributed by atoms with Crippen molar-refractivity contribution in [2.24, 2.45) is 0 Å². The van der Waals surface area contributed by atoms with Crippen LogP contribution in [0.4, 0.5) is 0 Å². The lowest BCUT2D eigenvalue weighted by atomic mass is 10.0. The highest BCUT2D eigenvalue weighted by Crippen LogP contribution is 2.21. The molecule has 0 bridgehead atoms. The summed E-state index contributed by atoms with van der Waals surface area (Å²) in [6.45, 7) is 7.31. The van der Waals surface area contributed by atoms with E-state index in [2.05, 4.69) is 16.4 Å². The number of β-amino-alcohol motifs (C(OH)–C–C–N with tert-alkyl or cyclic N) is 1. The van der Waals surface area contributed by atoms with Crippen molar-refractivity contribution in [2.75, 3.05) is 26.2 Å². The summed E-state index contributed by atoms with van der Waals surface area (Å²) in [5.74, 6) is 0.319. The fraction of sp³-hybridized carbons (Fsp3) is 0.800. The fourth-order valence-corrected chi connectivity index (χ4v) is 3.21. The molecule has 0 aromatic carbocycles. The van der Waals surface area contributed by atoms with E-state index in [-0.39, 0.29) is 6.10 Å². The van der Waals surface area contributed by atoms with Crippen LogP contribution in [0.2, 0.25) is 0 Å². The van der Waals surface area contributed by atoms with Gasteiger partial charge in [-0.25, -0.2) is 0 Å². The van der Waals surface area contributed by atoms with Crippen LogP contribution in [0.3, 0.4) is 0 Å². The zero-order valence-electron chi connectivity index (χ0n) is 11.8. The van der Waals surface area contributed by atoms with Gasteiger partial charge in [-0.05, 0) is 38.6 Å². The highest BCUT2D eigenvalue weighted by molar-refractivity contribution is 5.78. The molecule has 4 heteroatoms. The predicted octanol–water partition coefficient (Wildman–Crippen LogP) is 1.40. The van der Waals surface area contributed by atoms with E-state index in [1.54, 1.807) is 0 Å². The Kier molecular flexibility index (Phi) is 5.40. The third-order valence-electron chi connectivity index (χ3n) is 4.20. The largest absolute Gasteiger partial charge is 0.392 e. The average Bonchev–Trinajstić information content (AvgIpc) is 2.83. The van der Waals surface area contributed by atoms with Gasteiger partial charge in [-0.1, -0.05) is 6.08 Å². The second kappa shape index (κ2) is 7.06. The van der Waals surface area contributed by atoms with Crippen LogP contribution in [0, 0.1) is 0 Å². The SMILES string of the molecule is C=CCC[C@H](O)CN1CCC[C@H](N2CCCC2=O)C1. The van der Waals surface area contributed by atoms with Crippen molar-refractivity contribution in [3.63, 3.8) is 0 Å². The van der Waals surface area contributed by atoms with Gasteiger partial charge in [0, 0.05) is 32.1 Å². The summed E-state index contributed by atoms with van der Waals surface area (Å²) in [5, 5.41) is 9.97. The fourth-order valence-electron chi connectivity index (χ4n) is 3.21. The predicted molar refractivity (Wildman–Crippen MR) is 75.8 cm³/mol. The van der Waals surface area contributed by atoms with Gasteiger partial charge in [0.1, 0.15) is 0 Å². The monoisotopic (exact) mass is 266 g/mol. The zero-order valence-corrected chi connectivity index (χ0v) is 11.8. The first kappa shape index (κ1) is 14.5. The lowest BCUT2D eigenvalue weighted by Crippen LogP contribution is -2.50. The summed E-state index contributed by atoms with van der Waals surface area (Å²) in [6.07, 6.45) is 7.20. The van der Waals surface area contributed by atoms with Crippen LogP contribution in [-0.2, 0) is 4.79 Å². The molecule has 1 N–H and O–H groups in total. The highest BCUT2D eigenvalue weighted by atomic mass is 16.3. The average molecular weight is 266 g/mol. The Balaban J connectivity index is 1.79. The van der Waals surface area contributed by atoms with Crippen molar-refractivity contribution in [1.82, 2.24) is 9.80 Å². The molecule has 4 nitrogen and oxygen atoms in total. The van der Waals surface area contributed by atoms with Gasteiger partial charge in [0.25, 0.3) is 0 Å². The number of hydrogen-bond donors (Lipinski definition) is 1. The van der Waals surface area contributed by atoms with Gasteiger partial charge in [-0.15, -0.1) is 6.58 Å². The number of nitrogens with zero attached hydrogens (tertiary/aromatic N) is 2. The van der Waals surface area contributed by atoms with E-state index >= 15 is 0 Å². The number of aliphatic hydroxyl groups is 1. The standard InChI is InChI=1S/C15H26N2O2/c1-2-3-7-14(18)12-16-9-4-6-13(11-16)17-10-5-8-15(17)19/h2,13-14,18H,1,3-12H2/t13-,14-/m0/s1. The minimum Gasteiger partial charge on any atom is -0.392 e. The number of allylic oxidation sites excluding steroid dienone is 1. The Hall–Kier alpha value is -0.870. The molecule has 2 aliphatic rings. The van der Waals surface area contributed by atoms with Crippen molar-refractivity contribution in [2.45, 2.75) is 50.7 Å². The van der Waals surface area contributed by atoms with Gasteiger partial charge in [0.15, 0.2) is 0 Å². The summed E-state index contributed by atoms with van der Waals surface area (Å²) in [6, 6.07) is 0.371. The summed E-state index contributed by atoms with van der Waals surface area (Å²) < 4.78 is 0. The van der Waals surface area contributed by atoms with E-state index in [0.717, 1.165) is 64.7 Å². The molecule has 0 aromatic heterocycles.